The zero-order valence-corrected chi connectivity index (χ0v) is 14.1. The number of pyridine rings is 1. The van der Waals surface area contributed by atoms with Crippen molar-refractivity contribution in [2.75, 3.05) is 0 Å². The summed E-state index contributed by atoms with van der Waals surface area (Å²) in [4.78, 5) is 4.48. The van der Waals surface area contributed by atoms with E-state index in [4.69, 9.17) is 0 Å². The maximum Gasteiger partial charge on any atom is 0.141 e. The molecular weight excluding hydrogens is 334 g/mol. The lowest BCUT2D eigenvalue weighted by molar-refractivity contribution is 0.475. The molecular formula is C21H16ClNO2. The van der Waals surface area contributed by atoms with E-state index in [0.29, 0.717) is 5.52 Å². The number of para-hydroxylation sites is 1. The third-order valence-electron chi connectivity index (χ3n) is 4.09. The van der Waals surface area contributed by atoms with E-state index in [9.17, 15) is 10.2 Å². The van der Waals surface area contributed by atoms with E-state index >= 15 is 0 Å². The summed E-state index contributed by atoms with van der Waals surface area (Å²) in [6.45, 7) is 0. The molecule has 124 valence electrons. The van der Waals surface area contributed by atoms with Gasteiger partial charge >= 0.3 is 0 Å². The second-order valence-electron chi connectivity index (χ2n) is 5.64. The van der Waals surface area contributed by atoms with Crippen LogP contribution in [0.2, 0.25) is 0 Å². The SMILES string of the molecule is Cl.Oc1ccc2ccccc2c1/C=C/c1ccc2cccc(O)c2n1. The molecule has 0 aliphatic carbocycles. The highest BCUT2D eigenvalue weighted by Gasteiger charge is 2.04. The number of nitrogens with zero attached hydrogens (tertiary/aromatic N) is 1. The van der Waals surface area contributed by atoms with E-state index in [1.807, 2.05) is 60.7 Å². The predicted octanol–water partition coefficient (Wildman–Crippen LogP) is 5.39. The Kier molecular flexibility index (Phi) is 4.59. The second kappa shape index (κ2) is 6.83. The molecule has 3 nitrogen and oxygen atoms in total. The minimum absolute atomic E-state index is 0. The molecule has 4 rings (SSSR count). The minimum atomic E-state index is 0. The normalized spacial score (nSPS) is 11.0. The number of rotatable bonds is 2. The van der Waals surface area contributed by atoms with Crippen LogP contribution in [0.3, 0.4) is 0 Å². The van der Waals surface area contributed by atoms with Gasteiger partial charge in [-0.05, 0) is 41.1 Å². The van der Waals surface area contributed by atoms with E-state index in [1.165, 1.54) is 0 Å². The van der Waals surface area contributed by atoms with Crippen LogP contribution in [-0.4, -0.2) is 15.2 Å². The van der Waals surface area contributed by atoms with Gasteiger partial charge in [0.1, 0.15) is 17.0 Å². The first-order valence-corrected chi connectivity index (χ1v) is 7.70. The number of hydrogen-bond donors (Lipinski definition) is 2. The maximum atomic E-state index is 10.2. The highest BCUT2D eigenvalue weighted by atomic mass is 35.5. The molecule has 0 saturated heterocycles. The lowest BCUT2D eigenvalue weighted by Crippen LogP contribution is -1.84. The number of hydrogen-bond acceptors (Lipinski definition) is 3. The van der Waals surface area contributed by atoms with Crippen molar-refractivity contribution in [3.8, 4) is 11.5 Å². The monoisotopic (exact) mass is 349 g/mol. The standard InChI is InChI=1S/C21H15NO2.ClH/c23-19-13-9-14-4-1-2-6-17(14)18(19)12-11-16-10-8-15-5-3-7-20(24)21(15)22-16;/h1-13,23-24H;1H/b12-11+;. The van der Waals surface area contributed by atoms with Crippen molar-refractivity contribution >= 4 is 46.2 Å². The van der Waals surface area contributed by atoms with E-state index in [-0.39, 0.29) is 23.9 Å². The van der Waals surface area contributed by atoms with E-state index in [0.717, 1.165) is 27.4 Å². The fourth-order valence-electron chi connectivity index (χ4n) is 2.87. The van der Waals surface area contributed by atoms with Crippen molar-refractivity contribution in [1.29, 1.82) is 0 Å². The number of halogens is 1. The number of phenols is 2. The molecule has 0 saturated carbocycles. The maximum absolute atomic E-state index is 10.2. The van der Waals surface area contributed by atoms with Gasteiger partial charge in [0.25, 0.3) is 0 Å². The Hall–Kier alpha value is -3.04. The Labute approximate surface area is 151 Å². The van der Waals surface area contributed by atoms with Gasteiger partial charge in [-0.15, -0.1) is 12.4 Å². The summed E-state index contributed by atoms with van der Waals surface area (Å²) in [6, 6.07) is 20.6. The quantitative estimate of drug-likeness (QED) is 0.510. The molecule has 4 heteroatoms. The van der Waals surface area contributed by atoms with Crippen molar-refractivity contribution in [3.63, 3.8) is 0 Å². The lowest BCUT2D eigenvalue weighted by Gasteiger charge is -2.05. The third kappa shape index (κ3) is 3.14. The van der Waals surface area contributed by atoms with E-state index in [2.05, 4.69) is 4.98 Å². The first-order valence-electron chi connectivity index (χ1n) is 7.70. The number of phenolic OH excluding ortho intramolecular Hbond substituents is 2. The van der Waals surface area contributed by atoms with Crippen molar-refractivity contribution < 1.29 is 10.2 Å². The summed E-state index contributed by atoms with van der Waals surface area (Å²) >= 11 is 0. The molecule has 0 radical (unpaired) electrons. The Morgan fingerprint density at radius 2 is 1.44 bits per heavy atom. The van der Waals surface area contributed by atoms with Crippen molar-refractivity contribution in [2.45, 2.75) is 0 Å². The third-order valence-corrected chi connectivity index (χ3v) is 4.09. The van der Waals surface area contributed by atoms with Crippen molar-refractivity contribution in [3.05, 3.63) is 78.0 Å². The van der Waals surface area contributed by atoms with Gasteiger partial charge in [-0.25, -0.2) is 4.98 Å². The smallest absolute Gasteiger partial charge is 0.141 e. The molecule has 0 fully saturated rings. The summed E-state index contributed by atoms with van der Waals surface area (Å²) < 4.78 is 0. The molecule has 0 amide bonds. The number of aromatic hydroxyl groups is 2. The van der Waals surface area contributed by atoms with Gasteiger partial charge in [0.05, 0.1) is 5.69 Å². The summed E-state index contributed by atoms with van der Waals surface area (Å²) in [7, 11) is 0. The van der Waals surface area contributed by atoms with Crippen LogP contribution in [0.15, 0.2) is 66.7 Å². The van der Waals surface area contributed by atoms with Crippen LogP contribution < -0.4 is 0 Å². The Morgan fingerprint density at radius 3 is 2.32 bits per heavy atom. The molecule has 1 aromatic heterocycles. The first kappa shape index (κ1) is 16.8. The van der Waals surface area contributed by atoms with Crippen LogP contribution >= 0.6 is 12.4 Å². The fourth-order valence-corrected chi connectivity index (χ4v) is 2.87. The highest BCUT2D eigenvalue weighted by Crippen LogP contribution is 2.29. The van der Waals surface area contributed by atoms with Crippen LogP contribution in [0, 0.1) is 0 Å². The number of benzene rings is 3. The van der Waals surface area contributed by atoms with Crippen LogP contribution in [0.4, 0.5) is 0 Å². The average molecular weight is 350 g/mol. The molecule has 0 spiro atoms. The van der Waals surface area contributed by atoms with Crippen LogP contribution in [-0.2, 0) is 0 Å². The lowest BCUT2D eigenvalue weighted by atomic mass is 10.0. The zero-order chi connectivity index (χ0) is 16.5. The number of aromatic nitrogens is 1. The molecule has 2 N–H and O–H groups in total. The molecule has 0 bridgehead atoms. The van der Waals surface area contributed by atoms with Crippen LogP contribution in [0.1, 0.15) is 11.3 Å². The van der Waals surface area contributed by atoms with Crippen molar-refractivity contribution in [2.24, 2.45) is 0 Å². The average Bonchev–Trinajstić information content (AvgIpc) is 2.61. The zero-order valence-electron chi connectivity index (χ0n) is 13.3. The van der Waals surface area contributed by atoms with Gasteiger partial charge in [0.2, 0.25) is 0 Å². The topological polar surface area (TPSA) is 53.4 Å². The molecule has 0 aliphatic heterocycles. The summed E-state index contributed by atoms with van der Waals surface area (Å²) in [5.41, 5.74) is 2.05. The summed E-state index contributed by atoms with van der Waals surface area (Å²) in [6.07, 6.45) is 3.69. The molecule has 0 unspecified atom stereocenters. The molecule has 3 aromatic carbocycles. The van der Waals surface area contributed by atoms with Gasteiger partial charge in [-0.1, -0.05) is 48.5 Å². The second-order valence-corrected chi connectivity index (χ2v) is 5.64. The van der Waals surface area contributed by atoms with Crippen molar-refractivity contribution in [1.82, 2.24) is 4.98 Å². The first-order chi connectivity index (χ1) is 11.7. The summed E-state index contributed by atoms with van der Waals surface area (Å²) in [5.74, 6) is 0.393. The number of fused-ring (bicyclic) bond motifs is 2. The van der Waals surface area contributed by atoms with Gasteiger partial charge in [-0.3, -0.25) is 0 Å². The Morgan fingerprint density at radius 1 is 0.680 bits per heavy atom. The van der Waals surface area contributed by atoms with Gasteiger partial charge in [0, 0.05) is 10.9 Å². The van der Waals surface area contributed by atoms with E-state index < -0.39 is 0 Å². The molecule has 0 atom stereocenters. The minimum Gasteiger partial charge on any atom is -0.507 e. The van der Waals surface area contributed by atoms with Crippen LogP contribution in [0.25, 0.3) is 33.8 Å². The summed E-state index contributed by atoms with van der Waals surface area (Å²) in [5, 5.41) is 23.1. The Bertz CT molecular complexity index is 1090. The largest absolute Gasteiger partial charge is 0.507 e. The van der Waals surface area contributed by atoms with Gasteiger partial charge < -0.3 is 10.2 Å². The van der Waals surface area contributed by atoms with Crippen LogP contribution in [0.5, 0.6) is 11.5 Å². The van der Waals surface area contributed by atoms with Gasteiger partial charge in [-0.2, -0.15) is 0 Å². The Balaban J connectivity index is 0.00000182. The molecule has 25 heavy (non-hydrogen) atoms. The molecule has 0 aliphatic rings. The molecule has 1 heterocycles. The predicted molar refractivity (Wildman–Crippen MR) is 105 cm³/mol. The van der Waals surface area contributed by atoms with E-state index in [1.54, 1.807) is 18.2 Å². The van der Waals surface area contributed by atoms with Gasteiger partial charge in [0.15, 0.2) is 0 Å². The fraction of sp³-hybridized carbons (Fsp3) is 0. The molecule has 4 aromatic rings. The highest BCUT2D eigenvalue weighted by molar-refractivity contribution is 5.95.